The van der Waals surface area contributed by atoms with Crippen LogP contribution in [0.15, 0.2) is 12.3 Å². The lowest BCUT2D eigenvalue weighted by Gasteiger charge is -2.32. The van der Waals surface area contributed by atoms with Crippen molar-refractivity contribution < 1.29 is 33.3 Å². The average Bonchev–Trinajstić information content (AvgIpc) is 2.90. The van der Waals surface area contributed by atoms with Crippen LogP contribution in [0.3, 0.4) is 0 Å². The summed E-state index contributed by atoms with van der Waals surface area (Å²) in [6.07, 6.45) is 7.88. The lowest BCUT2D eigenvalue weighted by atomic mass is 9.89. The van der Waals surface area contributed by atoms with Gasteiger partial charge in [-0.2, -0.15) is 0 Å². The fourth-order valence-corrected chi connectivity index (χ4v) is 4.32. The molecule has 1 amide bonds. The van der Waals surface area contributed by atoms with Crippen LogP contribution < -0.4 is 14.8 Å². The van der Waals surface area contributed by atoms with Gasteiger partial charge >= 0.3 is 5.97 Å². The number of hydrogen-bond acceptors (Lipinski definition) is 8. The lowest BCUT2D eigenvalue weighted by Crippen LogP contribution is -2.47. The molecular weight excluding hydrogens is 464 g/mol. The number of carbonyl (C=O) groups excluding carboxylic acids is 2. The molecular formula is C27H44N2O7. The summed E-state index contributed by atoms with van der Waals surface area (Å²) >= 11 is 0. The fraction of sp³-hybridized carbons (Fsp3) is 0.741. The number of aromatic nitrogens is 1. The van der Waals surface area contributed by atoms with Gasteiger partial charge in [-0.15, -0.1) is 0 Å². The molecule has 2 heterocycles. The number of hydrogen-bond donors (Lipinski definition) is 1. The standard InChI is InChI=1S/C27H44N2O7/c1-7-16-33-27-22(11-9-8-10-21(19(4)36-27)13-12-18(2)3)29-26(31)24-25(35-17-34-20(5)30)23(32-6)14-15-28-24/h14-15,18-19,21-22,27H,7-13,16-17H2,1-6H3,(H,29,31)/t19-,21-,22-,27?/m0/s1. The highest BCUT2D eigenvalue weighted by Crippen LogP contribution is 2.31. The third-order valence-corrected chi connectivity index (χ3v) is 6.37. The molecule has 2 rings (SSSR count). The minimum absolute atomic E-state index is 0.0145. The molecule has 0 aliphatic carbocycles. The van der Waals surface area contributed by atoms with Crippen LogP contribution >= 0.6 is 0 Å². The monoisotopic (exact) mass is 508 g/mol. The van der Waals surface area contributed by atoms with Gasteiger partial charge < -0.3 is 29.0 Å². The minimum atomic E-state index is -0.570. The molecule has 0 bridgehead atoms. The molecule has 1 aliphatic rings. The normalized spacial score (nSPS) is 22.8. The Morgan fingerprint density at radius 3 is 2.67 bits per heavy atom. The third-order valence-electron chi connectivity index (χ3n) is 6.37. The van der Waals surface area contributed by atoms with Crippen molar-refractivity contribution in [2.24, 2.45) is 11.8 Å². The van der Waals surface area contributed by atoms with Crippen molar-refractivity contribution >= 4 is 11.9 Å². The van der Waals surface area contributed by atoms with E-state index in [0.717, 1.165) is 44.9 Å². The summed E-state index contributed by atoms with van der Waals surface area (Å²) in [7, 11) is 1.47. The molecule has 9 heteroatoms. The van der Waals surface area contributed by atoms with E-state index in [0.29, 0.717) is 24.2 Å². The van der Waals surface area contributed by atoms with Crippen molar-refractivity contribution in [2.45, 2.75) is 98.0 Å². The smallest absolute Gasteiger partial charge is 0.305 e. The van der Waals surface area contributed by atoms with Gasteiger partial charge in [0.2, 0.25) is 6.79 Å². The number of nitrogens with one attached hydrogen (secondary N) is 1. The Morgan fingerprint density at radius 2 is 2.00 bits per heavy atom. The summed E-state index contributed by atoms with van der Waals surface area (Å²) in [5, 5.41) is 3.07. The predicted molar refractivity (Wildman–Crippen MR) is 136 cm³/mol. The van der Waals surface area contributed by atoms with Crippen LogP contribution in [-0.4, -0.2) is 55.8 Å². The zero-order valence-corrected chi connectivity index (χ0v) is 22.7. The Labute approximate surface area is 215 Å². The number of carbonyl (C=O) groups is 2. The second kappa shape index (κ2) is 15.7. The maximum Gasteiger partial charge on any atom is 0.305 e. The number of ether oxygens (including phenoxy) is 5. The number of methoxy groups -OCH3 is 1. The minimum Gasteiger partial charge on any atom is -0.493 e. The van der Waals surface area contributed by atoms with Crippen molar-refractivity contribution in [3.63, 3.8) is 0 Å². The first-order chi connectivity index (χ1) is 17.3. The van der Waals surface area contributed by atoms with E-state index in [-0.39, 0.29) is 30.4 Å². The summed E-state index contributed by atoms with van der Waals surface area (Å²) in [5.74, 6) is 0.592. The zero-order valence-electron chi connectivity index (χ0n) is 22.7. The zero-order chi connectivity index (χ0) is 26.5. The van der Waals surface area contributed by atoms with Gasteiger partial charge in [-0.3, -0.25) is 9.59 Å². The molecule has 0 saturated carbocycles. The van der Waals surface area contributed by atoms with Crippen LogP contribution in [0.1, 0.15) is 90.1 Å². The highest BCUT2D eigenvalue weighted by Gasteiger charge is 2.32. The molecule has 204 valence electrons. The number of nitrogens with zero attached hydrogens (tertiary/aromatic N) is 1. The Hall–Kier alpha value is -2.39. The Kier molecular flexibility index (Phi) is 13.0. The van der Waals surface area contributed by atoms with E-state index in [1.165, 1.54) is 20.2 Å². The average molecular weight is 509 g/mol. The van der Waals surface area contributed by atoms with Crippen LogP contribution in [0.5, 0.6) is 11.5 Å². The predicted octanol–water partition coefficient (Wildman–Crippen LogP) is 4.87. The molecule has 1 aliphatic heterocycles. The topological polar surface area (TPSA) is 105 Å². The first kappa shape index (κ1) is 29.8. The molecule has 1 aromatic heterocycles. The highest BCUT2D eigenvalue weighted by atomic mass is 16.7. The van der Waals surface area contributed by atoms with Gasteiger partial charge in [0, 0.05) is 25.8 Å². The van der Waals surface area contributed by atoms with E-state index in [1.54, 1.807) is 6.07 Å². The fourth-order valence-electron chi connectivity index (χ4n) is 4.32. The van der Waals surface area contributed by atoms with Gasteiger partial charge in [0.25, 0.3) is 5.91 Å². The molecule has 0 aromatic carbocycles. The van der Waals surface area contributed by atoms with E-state index in [4.69, 9.17) is 23.7 Å². The molecule has 0 radical (unpaired) electrons. The summed E-state index contributed by atoms with van der Waals surface area (Å²) in [5.41, 5.74) is 0.0403. The van der Waals surface area contributed by atoms with E-state index >= 15 is 0 Å². The molecule has 1 N–H and O–H groups in total. The third kappa shape index (κ3) is 9.58. The SMILES string of the molecule is CCCOC1O[C@@H](C)[C@H](CCC(C)C)CCCC[C@@H]1NC(=O)c1nccc(OC)c1OCOC(C)=O. The first-order valence-electron chi connectivity index (χ1n) is 13.1. The molecule has 36 heavy (non-hydrogen) atoms. The van der Waals surface area contributed by atoms with Gasteiger partial charge in [0.15, 0.2) is 23.5 Å². The Bertz CT molecular complexity index is 817. The molecule has 1 fully saturated rings. The Morgan fingerprint density at radius 1 is 1.25 bits per heavy atom. The van der Waals surface area contributed by atoms with Crippen LogP contribution in [0.4, 0.5) is 0 Å². The number of amides is 1. The van der Waals surface area contributed by atoms with Crippen LogP contribution in [0.2, 0.25) is 0 Å². The largest absolute Gasteiger partial charge is 0.493 e. The van der Waals surface area contributed by atoms with E-state index in [2.05, 4.69) is 31.1 Å². The van der Waals surface area contributed by atoms with Crippen LogP contribution in [0.25, 0.3) is 0 Å². The maximum atomic E-state index is 13.4. The molecule has 1 unspecified atom stereocenters. The number of rotatable bonds is 12. The summed E-state index contributed by atoms with van der Waals surface area (Å²) < 4.78 is 28.4. The molecule has 4 atom stereocenters. The molecule has 0 spiro atoms. The van der Waals surface area contributed by atoms with Gasteiger partial charge in [-0.1, -0.05) is 40.0 Å². The molecule has 1 aromatic rings. The van der Waals surface area contributed by atoms with Gasteiger partial charge in [0.1, 0.15) is 0 Å². The van der Waals surface area contributed by atoms with Crippen molar-refractivity contribution in [3.8, 4) is 11.5 Å². The van der Waals surface area contributed by atoms with Gasteiger partial charge in [-0.25, -0.2) is 4.98 Å². The van der Waals surface area contributed by atoms with Gasteiger partial charge in [0.05, 0.1) is 19.3 Å². The van der Waals surface area contributed by atoms with Gasteiger partial charge in [-0.05, 0) is 44.4 Å². The maximum absolute atomic E-state index is 13.4. The summed E-state index contributed by atoms with van der Waals surface area (Å²) in [4.78, 5) is 28.8. The first-order valence-corrected chi connectivity index (χ1v) is 13.1. The van der Waals surface area contributed by atoms with Crippen LogP contribution in [-0.2, 0) is 19.0 Å². The van der Waals surface area contributed by atoms with Crippen molar-refractivity contribution in [1.82, 2.24) is 10.3 Å². The highest BCUT2D eigenvalue weighted by molar-refractivity contribution is 5.96. The molecule has 9 nitrogen and oxygen atoms in total. The van der Waals surface area contributed by atoms with Crippen LogP contribution in [0, 0.1) is 11.8 Å². The van der Waals surface area contributed by atoms with E-state index < -0.39 is 18.2 Å². The molecule has 1 saturated heterocycles. The second-order valence-corrected chi connectivity index (χ2v) is 9.77. The van der Waals surface area contributed by atoms with Crippen molar-refractivity contribution in [3.05, 3.63) is 18.0 Å². The lowest BCUT2D eigenvalue weighted by molar-refractivity contribution is -0.191. The number of esters is 1. The Balaban J connectivity index is 2.22. The van der Waals surface area contributed by atoms with E-state index in [1.807, 2.05) is 6.92 Å². The van der Waals surface area contributed by atoms with Crippen molar-refractivity contribution in [2.75, 3.05) is 20.5 Å². The number of pyridine rings is 1. The summed E-state index contributed by atoms with van der Waals surface area (Å²) in [6, 6.07) is 1.22. The quantitative estimate of drug-likeness (QED) is 0.315. The second-order valence-electron chi connectivity index (χ2n) is 9.77. The van der Waals surface area contributed by atoms with E-state index in [9.17, 15) is 9.59 Å². The summed E-state index contributed by atoms with van der Waals surface area (Å²) in [6.45, 7) is 10.1. The van der Waals surface area contributed by atoms with Crippen molar-refractivity contribution in [1.29, 1.82) is 0 Å².